The Kier molecular flexibility index (Phi) is 6.45. The van der Waals surface area contributed by atoms with Gasteiger partial charge in [0.1, 0.15) is 0 Å². The second-order valence-electron chi connectivity index (χ2n) is 9.42. The molecule has 0 amide bonds. The van der Waals surface area contributed by atoms with Gasteiger partial charge >= 0.3 is 0 Å². The monoisotopic (exact) mass is 506 g/mol. The molecule has 0 saturated heterocycles. The first-order valence-corrected chi connectivity index (χ1v) is 14.6. The summed E-state index contributed by atoms with van der Waals surface area (Å²) in [6.07, 6.45) is 6.01. The predicted octanol–water partition coefficient (Wildman–Crippen LogP) is 10.4. The van der Waals surface area contributed by atoms with Crippen LogP contribution in [-0.2, 0) is 0 Å². The molecule has 0 atom stereocenters. The first-order valence-electron chi connectivity index (χ1n) is 13.0. The maximum atomic E-state index is 4.26. The van der Waals surface area contributed by atoms with Gasteiger partial charge in [-0.15, -0.1) is 10.0 Å². The quantitative estimate of drug-likeness (QED) is 0.189. The van der Waals surface area contributed by atoms with Gasteiger partial charge < -0.3 is 0 Å². The minimum Gasteiger partial charge on any atom is -0.133 e. The molecule has 1 aliphatic rings. The lowest BCUT2D eigenvalue weighted by molar-refractivity contribution is 1.01. The van der Waals surface area contributed by atoms with Crippen LogP contribution in [0.3, 0.4) is 0 Å². The standard InChI is InChI=1S/C37H30S/c1-3-15-29(4-2)38(30-16-7-5-8-17-30,31-18-9-6-10-19-31)32-26-24-28(25-27-32)37-35-22-13-11-20-33(35)34-21-12-14-23-36(34)37/h3-27,37H,1-2H2/b29-15+. The summed E-state index contributed by atoms with van der Waals surface area (Å²) in [5.41, 5.74) is 6.75. The van der Waals surface area contributed by atoms with E-state index in [0.717, 1.165) is 0 Å². The van der Waals surface area contributed by atoms with Crippen LogP contribution < -0.4 is 0 Å². The highest BCUT2D eigenvalue weighted by atomic mass is 32.3. The minimum atomic E-state index is -1.78. The third-order valence-corrected chi connectivity index (χ3v) is 11.4. The Morgan fingerprint density at radius 3 is 1.45 bits per heavy atom. The molecule has 38 heavy (non-hydrogen) atoms. The van der Waals surface area contributed by atoms with Gasteiger partial charge in [0.05, 0.1) is 0 Å². The molecular formula is C37H30S. The fourth-order valence-electron chi connectivity index (χ4n) is 5.86. The summed E-state index contributed by atoms with van der Waals surface area (Å²) in [4.78, 5) is 5.02. The lowest BCUT2D eigenvalue weighted by atomic mass is 9.89. The molecule has 1 aliphatic carbocycles. The zero-order valence-corrected chi connectivity index (χ0v) is 22.2. The summed E-state index contributed by atoms with van der Waals surface area (Å²) in [6.45, 7) is 8.30. The van der Waals surface area contributed by atoms with Crippen molar-refractivity contribution < 1.29 is 0 Å². The Labute approximate surface area is 227 Å². The molecule has 0 aliphatic heterocycles. The summed E-state index contributed by atoms with van der Waals surface area (Å²) in [7, 11) is -1.78. The molecule has 0 nitrogen and oxygen atoms in total. The lowest BCUT2D eigenvalue weighted by Crippen LogP contribution is -2.07. The maximum absolute atomic E-state index is 4.26. The Morgan fingerprint density at radius 2 is 0.974 bits per heavy atom. The highest BCUT2D eigenvalue weighted by Gasteiger charge is 2.34. The molecule has 6 rings (SSSR count). The van der Waals surface area contributed by atoms with E-state index in [2.05, 4.69) is 153 Å². The van der Waals surface area contributed by atoms with Crippen LogP contribution in [0, 0.1) is 0 Å². The third-order valence-electron chi connectivity index (χ3n) is 7.43. The topological polar surface area (TPSA) is 0 Å². The molecule has 0 heterocycles. The number of allylic oxidation sites excluding steroid dienone is 3. The van der Waals surface area contributed by atoms with E-state index in [0.29, 0.717) is 0 Å². The highest BCUT2D eigenvalue weighted by Crippen LogP contribution is 2.73. The van der Waals surface area contributed by atoms with Gasteiger partial charge in [0.15, 0.2) is 0 Å². The van der Waals surface area contributed by atoms with Gasteiger partial charge in [0.2, 0.25) is 0 Å². The van der Waals surface area contributed by atoms with Crippen LogP contribution in [-0.4, -0.2) is 0 Å². The Balaban J connectivity index is 1.57. The van der Waals surface area contributed by atoms with Gasteiger partial charge in [-0.2, -0.15) is 0 Å². The van der Waals surface area contributed by atoms with Gasteiger partial charge in [-0.25, -0.2) is 0 Å². The fourth-order valence-corrected chi connectivity index (χ4v) is 9.71. The van der Waals surface area contributed by atoms with Crippen LogP contribution in [0.25, 0.3) is 11.1 Å². The fraction of sp³-hybridized carbons (Fsp3) is 0.0270. The zero-order chi connectivity index (χ0) is 26.0. The smallest absolute Gasteiger partial charge is 0.0352 e. The second kappa shape index (κ2) is 10.2. The van der Waals surface area contributed by atoms with Crippen LogP contribution in [0.2, 0.25) is 0 Å². The predicted molar refractivity (Wildman–Crippen MR) is 163 cm³/mol. The van der Waals surface area contributed by atoms with Gasteiger partial charge in [-0.1, -0.05) is 122 Å². The van der Waals surface area contributed by atoms with Crippen molar-refractivity contribution >= 4 is 10.0 Å². The van der Waals surface area contributed by atoms with Gasteiger partial charge in [0, 0.05) is 25.5 Å². The molecule has 1 heteroatoms. The molecule has 0 N–H and O–H groups in total. The Bertz CT molecular complexity index is 1540. The van der Waals surface area contributed by atoms with E-state index >= 15 is 0 Å². The van der Waals surface area contributed by atoms with Crippen LogP contribution >= 0.6 is 10.0 Å². The number of benzene rings is 5. The van der Waals surface area contributed by atoms with Crippen molar-refractivity contribution in [3.63, 3.8) is 0 Å². The summed E-state index contributed by atoms with van der Waals surface area (Å²) in [6, 6.07) is 48.7. The summed E-state index contributed by atoms with van der Waals surface area (Å²) < 4.78 is 0. The Morgan fingerprint density at radius 1 is 0.526 bits per heavy atom. The normalized spacial score (nSPS) is 13.4. The third kappa shape index (κ3) is 3.79. The zero-order valence-electron chi connectivity index (χ0n) is 21.3. The van der Waals surface area contributed by atoms with Crippen molar-refractivity contribution in [1.82, 2.24) is 0 Å². The van der Waals surface area contributed by atoms with Gasteiger partial charge in [-0.3, -0.25) is 0 Å². The molecule has 0 aromatic heterocycles. The van der Waals surface area contributed by atoms with E-state index in [9.17, 15) is 0 Å². The summed E-state index contributed by atoms with van der Waals surface area (Å²) in [5, 5.41) is 0. The van der Waals surface area contributed by atoms with E-state index in [1.165, 1.54) is 47.4 Å². The van der Waals surface area contributed by atoms with Crippen LogP contribution in [0.5, 0.6) is 0 Å². The number of hydrogen-bond donors (Lipinski definition) is 0. The van der Waals surface area contributed by atoms with E-state index in [1.54, 1.807) is 0 Å². The number of fused-ring (bicyclic) bond motifs is 3. The summed E-state index contributed by atoms with van der Waals surface area (Å²) >= 11 is 0. The lowest BCUT2D eigenvalue weighted by Gasteiger charge is -2.42. The van der Waals surface area contributed by atoms with Crippen molar-refractivity contribution in [3.05, 3.63) is 186 Å². The van der Waals surface area contributed by atoms with Crippen molar-refractivity contribution in [2.45, 2.75) is 20.6 Å². The molecule has 0 radical (unpaired) electrons. The first-order chi connectivity index (χ1) is 18.8. The molecule has 5 aromatic carbocycles. The largest absolute Gasteiger partial charge is 0.133 e. The maximum Gasteiger partial charge on any atom is 0.0352 e. The molecule has 184 valence electrons. The van der Waals surface area contributed by atoms with E-state index in [4.69, 9.17) is 0 Å². The van der Waals surface area contributed by atoms with Crippen molar-refractivity contribution in [2.75, 3.05) is 0 Å². The SMILES string of the molecule is C=C/C=C(\C=C)S(c1ccccc1)(c1ccccc1)c1ccc(C2c3ccccc3-c3ccccc32)cc1. The number of hydrogen-bond acceptors (Lipinski definition) is 0. The number of rotatable bonds is 7. The molecule has 0 saturated carbocycles. The molecule has 5 aromatic rings. The van der Waals surface area contributed by atoms with Crippen LogP contribution in [0.1, 0.15) is 22.6 Å². The van der Waals surface area contributed by atoms with E-state index in [-0.39, 0.29) is 5.92 Å². The molecule has 0 bridgehead atoms. The van der Waals surface area contributed by atoms with E-state index < -0.39 is 10.0 Å². The van der Waals surface area contributed by atoms with Crippen LogP contribution in [0.15, 0.2) is 184 Å². The summed E-state index contributed by atoms with van der Waals surface area (Å²) in [5.74, 6) is 0.233. The molecular weight excluding hydrogens is 476 g/mol. The van der Waals surface area contributed by atoms with Crippen molar-refractivity contribution in [2.24, 2.45) is 0 Å². The first kappa shape index (κ1) is 24.0. The average molecular weight is 507 g/mol. The molecule has 0 unspecified atom stereocenters. The van der Waals surface area contributed by atoms with Crippen molar-refractivity contribution in [3.8, 4) is 11.1 Å². The highest BCUT2D eigenvalue weighted by molar-refractivity contribution is 8.37. The molecule has 0 fully saturated rings. The van der Waals surface area contributed by atoms with E-state index in [1.807, 2.05) is 12.2 Å². The second-order valence-corrected chi connectivity index (χ2v) is 12.5. The van der Waals surface area contributed by atoms with Gasteiger partial charge in [-0.05, 0) is 70.3 Å². The molecule has 0 spiro atoms. The average Bonchev–Trinajstić information content (AvgIpc) is 3.33. The Hall–Kier alpha value is -4.33. The van der Waals surface area contributed by atoms with Crippen molar-refractivity contribution in [1.29, 1.82) is 0 Å². The van der Waals surface area contributed by atoms with Crippen LogP contribution in [0.4, 0.5) is 0 Å². The van der Waals surface area contributed by atoms with Gasteiger partial charge in [0.25, 0.3) is 0 Å². The minimum absolute atomic E-state index is 0.233.